The lowest BCUT2D eigenvalue weighted by atomic mass is 10.0. The van der Waals surface area contributed by atoms with Gasteiger partial charge in [0.15, 0.2) is 0 Å². The Morgan fingerprint density at radius 3 is 2.65 bits per heavy atom. The standard InChI is InChI=1S/C22H23Cl2FN2O4/c1-29-15-8-16(21(24)19(9-15)30-2)22(28)27-6-5-26-11-20(31-12-14(26)10-27)13-3-4-18(25)17(23)7-13/h3-4,7-9,14,20H,5-6,10-12H2,1-2H3/t14?,20-/m0/s1. The molecular formula is C22H23Cl2FN2O4. The fraction of sp³-hybridized carbons (Fsp3) is 0.409. The van der Waals surface area contributed by atoms with Gasteiger partial charge in [0, 0.05) is 32.2 Å². The SMILES string of the molecule is COc1cc(OC)c(Cl)c(C(=O)N2CCN3C[C@@H](c4ccc(F)c(Cl)c4)OCC3C2)c1. The lowest BCUT2D eigenvalue weighted by molar-refractivity contribution is -0.0858. The van der Waals surface area contributed by atoms with Crippen LogP contribution in [0.1, 0.15) is 22.0 Å². The zero-order valence-electron chi connectivity index (χ0n) is 17.2. The molecule has 2 heterocycles. The molecule has 0 N–H and O–H groups in total. The van der Waals surface area contributed by atoms with Crippen LogP contribution in [0.2, 0.25) is 10.0 Å². The summed E-state index contributed by atoms with van der Waals surface area (Å²) in [5.41, 5.74) is 1.19. The van der Waals surface area contributed by atoms with Crippen LogP contribution in [0.5, 0.6) is 11.5 Å². The van der Waals surface area contributed by atoms with Crippen LogP contribution in [-0.2, 0) is 4.74 Å². The number of rotatable bonds is 4. The van der Waals surface area contributed by atoms with Crippen LogP contribution < -0.4 is 9.47 Å². The minimum absolute atomic E-state index is 0.0659. The van der Waals surface area contributed by atoms with Gasteiger partial charge >= 0.3 is 0 Å². The normalized spacial score (nSPS) is 21.5. The second-order valence-electron chi connectivity index (χ2n) is 7.59. The van der Waals surface area contributed by atoms with Gasteiger partial charge < -0.3 is 19.1 Å². The number of amides is 1. The molecule has 0 aliphatic carbocycles. The number of halogens is 3. The van der Waals surface area contributed by atoms with Crippen molar-refractivity contribution in [1.29, 1.82) is 0 Å². The molecular weight excluding hydrogens is 446 g/mol. The first-order valence-electron chi connectivity index (χ1n) is 9.92. The molecule has 1 amide bonds. The van der Waals surface area contributed by atoms with Gasteiger partial charge in [0.05, 0.1) is 48.6 Å². The number of carbonyl (C=O) groups excluding carboxylic acids is 1. The van der Waals surface area contributed by atoms with E-state index in [2.05, 4.69) is 4.90 Å². The van der Waals surface area contributed by atoms with Gasteiger partial charge in [-0.3, -0.25) is 9.69 Å². The van der Waals surface area contributed by atoms with Crippen LogP contribution in [0, 0.1) is 5.82 Å². The summed E-state index contributed by atoms with van der Waals surface area (Å²) in [5, 5.41) is 0.355. The number of methoxy groups -OCH3 is 2. The summed E-state index contributed by atoms with van der Waals surface area (Å²) in [5.74, 6) is 0.281. The van der Waals surface area contributed by atoms with E-state index in [9.17, 15) is 9.18 Å². The summed E-state index contributed by atoms with van der Waals surface area (Å²) >= 11 is 12.3. The minimum atomic E-state index is -0.445. The van der Waals surface area contributed by atoms with Crippen molar-refractivity contribution in [2.24, 2.45) is 0 Å². The fourth-order valence-corrected chi connectivity index (χ4v) is 4.50. The number of nitrogens with zero attached hydrogens (tertiary/aromatic N) is 2. The quantitative estimate of drug-likeness (QED) is 0.677. The fourth-order valence-electron chi connectivity index (χ4n) is 4.05. The first-order valence-corrected chi connectivity index (χ1v) is 10.7. The molecule has 9 heteroatoms. The predicted octanol–water partition coefficient (Wildman–Crippen LogP) is 4.05. The van der Waals surface area contributed by atoms with Crippen LogP contribution in [-0.4, -0.2) is 68.8 Å². The molecule has 1 unspecified atom stereocenters. The third kappa shape index (κ3) is 4.46. The molecule has 0 radical (unpaired) electrons. The van der Waals surface area contributed by atoms with Crippen molar-refractivity contribution in [2.45, 2.75) is 12.1 Å². The Hall–Kier alpha value is -2.06. The van der Waals surface area contributed by atoms with Gasteiger partial charge in [-0.1, -0.05) is 29.3 Å². The minimum Gasteiger partial charge on any atom is -0.497 e. The Morgan fingerprint density at radius 2 is 1.94 bits per heavy atom. The van der Waals surface area contributed by atoms with Crippen LogP contribution in [0.15, 0.2) is 30.3 Å². The summed E-state index contributed by atoms with van der Waals surface area (Å²) in [6.45, 7) is 2.89. The topological polar surface area (TPSA) is 51.2 Å². The van der Waals surface area contributed by atoms with Crippen LogP contribution in [0.3, 0.4) is 0 Å². The molecule has 2 atom stereocenters. The van der Waals surface area contributed by atoms with Crippen molar-refractivity contribution in [3.63, 3.8) is 0 Å². The monoisotopic (exact) mass is 468 g/mol. The molecule has 0 aromatic heterocycles. The van der Waals surface area contributed by atoms with Crippen LogP contribution in [0.4, 0.5) is 4.39 Å². The summed E-state index contributed by atoms with van der Waals surface area (Å²) in [7, 11) is 3.03. The van der Waals surface area contributed by atoms with Gasteiger partial charge in [-0.05, 0) is 23.8 Å². The molecule has 31 heavy (non-hydrogen) atoms. The van der Waals surface area contributed by atoms with E-state index in [4.69, 9.17) is 37.4 Å². The van der Waals surface area contributed by atoms with Crippen molar-refractivity contribution < 1.29 is 23.4 Å². The molecule has 2 saturated heterocycles. The van der Waals surface area contributed by atoms with Crippen molar-refractivity contribution >= 4 is 29.1 Å². The lowest BCUT2D eigenvalue weighted by Crippen LogP contribution is -2.59. The predicted molar refractivity (Wildman–Crippen MR) is 116 cm³/mol. The number of benzene rings is 2. The second-order valence-corrected chi connectivity index (χ2v) is 8.37. The Kier molecular flexibility index (Phi) is 6.57. The molecule has 2 aromatic carbocycles. The van der Waals surface area contributed by atoms with Gasteiger partial charge in [-0.25, -0.2) is 4.39 Å². The van der Waals surface area contributed by atoms with Crippen molar-refractivity contribution in [2.75, 3.05) is 47.0 Å². The first-order chi connectivity index (χ1) is 14.9. The summed E-state index contributed by atoms with van der Waals surface area (Å²) < 4.78 is 30.1. The maximum Gasteiger partial charge on any atom is 0.255 e. The Balaban J connectivity index is 1.46. The van der Waals surface area contributed by atoms with Gasteiger partial charge in [-0.15, -0.1) is 0 Å². The number of morpholine rings is 1. The smallest absolute Gasteiger partial charge is 0.255 e. The number of piperazine rings is 1. The lowest BCUT2D eigenvalue weighted by Gasteiger charge is -2.46. The molecule has 0 spiro atoms. The number of fused-ring (bicyclic) bond motifs is 1. The maximum absolute atomic E-state index is 13.5. The molecule has 2 aliphatic heterocycles. The zero-order chi connectivity index (χ0) is 22.1. The van der Waals surface area contributed by atoms with Gasteiger partial charge in [-0.2, -0.15) is 0 Å². The number of carbonyl (C=O) groups is 1. The van der Waals surface area contributed by atoms with Gasteiger partial charge in [0.1, 0.15) is 17.3 Å². The third-order valence-electron chi connectivity index (χ3n) is 5.80. The van der Waals surface area contributed by atoms with Gasteiger partial charge in [0.25, 0.3) is 5.91 Å². The highest BCUT2D eigenvalue weighted by Gasteiger charge is 2.36. The van der Waals surface area contributed by atoms with Crippen molar-refractivity contribution in [3.8, 4) is 11.5 Å². The summed E-state index contributed by atoms with van der Waals surface area (Å²) in [6.07, 6.45) is -0.186. The van der Waals surface area contributed by atoms with Crippen LogP contribution in [0.25, 0.3) is 0 Å². The Morgan fingerprint density at radius 1 is 1.13 bits per heavy atom. The summed E-state index contributed by atoms with van der Waals surface area (Å²) in [6, 6.07) is 8.01. The van der Waals surface area contributed by atoms with E-state index in [1.165, 1.54) is 20.3 Å². The highest BCUT2D eigenvalue weighted by molar-refractivity contribution is 6.35. The van der Waals surface area contributed by atoms with Crippen LogP contribution >= 0.6 is 23.2 Å². The molecule has 6 nitrogen and oxygen atoms in total. The van der Waals surface area contributed by atoms with E-state index in [1.54, 1.807) is 29.2 Å². The molecule has 2 aliphatic rings. The molecule has 2 aromatic rings. The molecule has 0 bridgehead atoms. The van der Waals surface area contributed by atoms with E-state index in [0.717, 1.165) is 5.56 Å². The van der Waals surface area contributed by atoms with E-state index < -0.39 is 5.82 Å². The zero-order valence-corrected chi connectivity index (χ0v) is 18.8. The van der Waals surface area contributed by atoms with Crippen molar-refractivity contribution in [1.82, 2.24) is 9.80 Å². The maximum atomic E-state index is 13.5. The van der Waals surface area contributed by atoms with E-state index >= 15 is 0 Å². The molecule has 0 saturated carbocycles. The first kappa shape index (κ1) is 22.1. The van der Waals surface area contributed by atoms with E-state index in [0.29, 0.717) is 49.8 Å². The highest BCUT2D eigenvalue weighted by atomic mass is 35.5. The highest BCUT2D eigenvalue weighted by Crippen LogP contribution is 2.35. The Labute approximate surface area is 190 Å². The van der Waals surface area contributed by atoms with E-state index in [1.807, 2.05) is 0 Å². The van der Waals surface area contributed by atoms with E-state index in [-0.39, 0.29) is 28.1 Å². The average Bonchev–Trinajstić information content (AvgIpc) is 2.80. The number of hydrogen-bond acceptors (Lipinski definition) is 5. The summed E-state index contributed by atoms with van der Waals surface area (Å²) in [4.78, 5) is 17.3. The second kappa shape index (κ2) is 9.20. The molecule has 166 valence electrons. The number of hydrogen-bond donors (Lipinski definition) is 0. The molecule has 4 rings (SSSR count). The Bertz CT molecular complexity index is 990. The molecule has 2 fully saturated rings. The number of ether oxygens (including phenoxy) is 3. The largest absolute Gasteiger partial charge is 0.497 e. The van der Waals surface area contributed by atoms with Crippen molar-refractivity contribution in [3.05, 3.63) is 57.3 Å². The van der Waals surface area contributed by atoms with Gasteiger partial charge in [0.2, 0.25) is 0 Å². The average molecular weight is 469 g/mol. The third-order valence-corrected chi connectivity index (χ3v) is 6.48.